The molecule has 0 spiro atoms. The fourth-order valence-electron chi connectivity index (χ4n) is 1.71. The molecule has 0 radical (unpaired) electrons. The van der Waals surface area contributed by atoms with Gasteiger partial charge >= 0.3 is 5.97 Å². The Morgan fingerprint density at radius 2 is 2.17 bits per heavy atom. The molecule has 0 N–H and O–H groups in total. The van der Waals surface area contributed by atoms with Crippen molar-refractivity contribution in [1.82, 2.24) is 0 Å². The van der Waals surface area contributed by atoms with Crippen molar-refractivity contribution < 1.29 is 18.8 Å². The van der Waals surface area contributed by atoms with Gasteiger partial charge in [0, 0.05) is 12.1 Å². The SMILES string of the molecule is Cc1cc([N+](=O)[O-])cc(C(=O)OC2CCC2)c1F. The molecule has 0 atom stereocenters. The summed E-state index contributed by atoms with van der Waals surface area (Å²) in [6, 6.07) is 2.01. The van der Waals surface area contributed by atoms with Crippen molar-refractivity contribution in [2.45, 2.75) is 32.3 Å². The average Bonchev–Trinajstić information content (AvgIpc) is 2.26. The number of nitro benzene ring substituents is 1. The van der Waals surface area contributed by atoms with E-state index < -0.39 is 16.7 Å². The third-order valence-corrected chi connectivity index (χ3v) is 3.00. The van der Waals surface area contributed by atoms with E-state index in [2.05, 4.69) is 0 Å². The fraction of sp³-hybridized carbons (Fsp3) is 0.417. The molecule has 6 heteroatoms. The summed E-state index contributed by atoms with van der Waals surface area (Å²) >= 11 is 0. The molecule has 1 saturated carbocycles. The summed E-state index contributed by atoms with van der Waals surface area (Å²) in [5, 5.41) is 10.7. The molecule has 1 fully saturated rings. The lowest BCUT2D eigenvalue weighted by molar-refractivity contribution is -0.385. The molecule has 18 heavy (non-hydrogen) atoms. The molecule has 1 aromatic rings. The Labute approximate surface area is 103 Å². The highest BCUT2D eigenvalue weighted by Crippen LogP contribution is 2.26. The standard InChI is InChI=1S/C12H12FNO4/c1-7-5-8(14(16)17)6-10(11(7)13)12(15)18-9-3-2-4-9/h5-6,9H,2-4H2,1H3. The number of ether oxygens (including phenoxy) is 1. The van der Waals surface area contributed by atoms with Crippen LogP contribution in [0.15, 0.2) is 12.1 Å². The number of rotatable bonds is 3. The van der Waals surface area contributed by atoms with Gasteiger partial charge < -0.3 is 4.74 Å². The minimum absolute atomic E-state index is 0.0600. The Morgan fingerprint density at radius 3 is 2.67 bits per heavy atom. The highest BCUT2D eigenvalue weighted by atomic mass is 19.1. The first-order valence-corrected chi connectivity index (χ1v) is 5.64. The third-order valence-electron chi connectivity index (χ3n) is 3.00. The molecule has 1 aliphatic rings. The molecule has 0 bridgehead atoms. The quantitative estimate of drug-likeness (QED) is 0.472. The van der Waals surface area contributed by atoms with E-state index >= 15 is 0 Å². The lowest BCUT2D eigenvalue weighted by Crippen LogP contribution is -2.25. The number of halogens is 1. The lowest BCUT2D eigenvalue weighted by Gasteiger charge is -2.25. The molecular formula is C12H12FNO4. The van der Waals surface area contributed by atoms with Crippen LogP contribution in [0.3, 0.4) is 0 Å². The van der Waals surface area contributed by atoms with Crippen LogP contribution in [0.2, 0.25) is 0 Å². The van der Waals surface area contributed by atoms with E-state index in [9.17, 15) is 19.3 Å². The van der Waals surface area contributed by atoms with E-state index in [-0.39, 0.29) is 22.9 Å². The first-order chi connectivity index (χ1) is 8.49. The molecule has 0 amide bonds. The van der Waals surface area contributed by atoms with Gasteiger partial charge in [-0.2, -0.15) is 0 Å². The van der Waals surface area contributed by atoms with Crippen molar-refractivity contribution in [3.8, 4) is 0 Å². The molecule has 2 rings (SSSR count). The summed E-state index contributed by atoms with van der Waals surface area (Å²) in [4.78, 5) is 21.7. The van der Waals surface area contributed by atoms with Crippen LogP contribution in [-0.4, -0.2) is 17.0 Å². The summed E-state index contributed by atoms with van der Waals surface area (Å²) < 4.78 is 18.8. The van der Waals surface area contributed by atoms with Gasteiger partial charge in [-0.15, -0.1) is 0 Å². The van der Waals surface area contributed by atoms with Crippen molar-refractivity contribution in [3.63, 3.8) is 0 Å². The van der Waals surface area contributed by atoms with Crippen molar-refractivity contribution in [1.29, 1.82) is 0 Å². The van der Waals surface area contributed by atoms with Gasteiger partial charge in [-0.3, -0.25) is 10.1 Å². The Bertz CT molecular complexity index is 511. The van der Waals surface area contributed by atoms with Crippen LogP contribution in [0.25, 0.3) is 0 Å². The van der Waals surface area contributed by atoms with Gasteiger partial charge in [0.05, 0.1) is 4.92 Å². The van der Waals surface area contributed by atoms with Crippen LogP contribution in [-0.2, 0) is 4.74 Å². The van der Waals surface area contributed by atoms with Crippen molar-refractivity contribution >= 4 is 11.7 Å². The minimum Gasteiger partial charge on any atom is -0.459 e. The number of benzene rings is 1. The van der Waals surface area contributed by atoms with Crippen LogP contribution in [0.1, 0.15) is 35.2 Å². The fourth-order valence-corrected chi connectivity index (χ4v) is 1.71. The lowest BCUT2D eigenvalue weighted by atomic mass is 9.96. The highest BCUT2D eigenvalue weighted by molar-refractivity contribution is 5.91. The Balaban J connectivity index is 2.29. The summed E-state index contributed by atoms with van der Waals surface area (Å²) in [7, 11) is 0. The van der Waals surface area contributed by atoms with Crippen LogP contribution in [0.5, 0.6) is 0 Å². The predicted octanol–water partition coefficient (Wildman–Crippen LogP) is 2.75. The molecule has 0 unspecified atom stereocenters. The van der Waals surface area contributed by atoms with Crippen molar-refractivity contribution in [2.75, 3.05) is 0 Å². The van der Waals surface area contributed by atoms with Gasteiger partial charge in [-0.25, -0.2) is 9.18 Å². The number of aryl methyl sites for hydroxylation is 1. The molecule has 96 valence electrons. The Morgan fingerprint density at radius 1 is 1.50 bits per heavy atom. The topological polar surface area (TPSA) is 69.4 Å². The zero-order valence-corrected chi connectivity index (χ0v) is 9.81. The van der Waals surface area contributed by atoms with E-state index in [4.69, 9.17) is 4.74 Å². The van der Waals surface area contributed by atoms with Gasteiger partial charge in [-0.1, -0.05) is 0 Å². The number of nitrogens with zero attached hydrogens (tertiary/aromatic N) is 1. The number of carbonyl (C=O) groups is 1. The summed E-state index contributed by atoms with van der Waals surface area (Å²) in [5.41, 5.74) is -0.618. The van der Waals surface area contributed by atoms with E-state index in [1.54, 1.807) is 0 Å². The van der Waals surface area contributed by atoms with Crippen LogP contribution < -0.4 is 0 Å². The number of carbonyl (C=O) groups excluding carboxylic acids is 1. The van der Waals surface area contributed by atoms with Gasteiger partial charge in [-0.05, 0) is 31.7 Å². The zero-order valence-electron chi connectivity index (χ0n) is 9.81. The molecule has 1 aromatic carbocycles. The summed E-state index contributed by atoms with van der Waals surface area (Å²) in [6.07, 6.45) is 2.33. The Kier molecular flexibility index (Phi) is 3.27. The molecular weight excluding hydrogens is 241 g/mol. The average molecular weight is 253 g/mol. The van der Waals surface area contributed by atoms with Crippen LogP contribution in [0.4, 0.5) is 10.1 Å². The minimum atomic E-state index is -0.830. The van der Waals surface area contributed by atoms with E-state index in [1.165, 1.54) is 6.92 Å². The molecule has 0 aliphatic heterocycles. The monoisotopic (exact) mass is 253 g/mol. The Hall–Kier alpha value is -1.98. The van der Waals surface area contributed by atoms with Crippen LogP contribution >= 0.6 is 0 Å². The second kappa shape index (κ2) is 4.72. The number of hydrogen-bond acceptors (Lipinski definition) is 4. The predicted molar refractivity (Wildman–Crippen MR) is 60.8 cm³/mol. The number of non-ortho nitro benzene ring substituents is 1. The van der Waals surface area contributed by atoms with Crippen molar-refractivity contribution in [3.05, 3.63) is 39.2 Å². The smallest absolute Gasteiger partial charge is 0.341 e. The zero-order chi connectivity index (χ0) is 13.3. The summed E-state index contributed by atoms with van der Waals surface area (Å²) in [6.45, 7) is 1.38. The maximum atomic E-state index is 13.7. The largest absolute Gasteiger partial charge is 0.459 e. The van der Waals surface area contributed by atoms with E-state index in [0.717, 1.165) is 31.4 Å². The number of esters is 1. The van der Waals surface area contributed by atoms with Crippen molar-refractivity contribution in [2.24, 2.45) is 0 Å². The number of nitro groups is 1. The maximum absolute atomic E-state index is 13.7. The second-order valence-electron chi connectivity index (χ2n) is 4.34. The van der Waals surface area contributed by atoms with Gasteiger partial charge in [0.1, 0.15) is 17.5 Å². The third kappa shape index (κ3) is 2.32. The first kappa shape index (κ1) is 12.5. The molecule has 1 aliphatic carbocycles. The maximum Gasteiger partial charge on any atom is 0.341 e. The molecule has 0 aromatic heterocycles. The van der Waals surface area contributed by atoms with Gasteiger partial charge in [0.15, 0.2) is 0 Å². The molecule has 0 heterocycles. The first-order valence-electron chi connectivity index (χ1n) is 5.64. The highest BCUT2D eigenvalue weighted by Gasteiger charge is 2.26. The molecule has 5 nitrogen and oxygen atoms in total. The van der Waals surface area contributed by atoms with E-state index in [0.29, 0.717) is 0 Å². The normalized spacial score (nSPS) is 15.0. The second-order valence-corrected chi connectivity index (χ2v) is 4.34. The molecule has 0 saturated heterocycles. The van der Waals surface area contributed by atoms with Gasteiger partial charge in [0.25, 0.3) is 5.69 Å². The summed E-state index contributed by atoms with van der Waals surface area (Å²) in [5.74, 6) is -1.59. The van der Waals surface area contributed by atoms with Gasteiger partial charge in [0.2, 0.25) is 0 Å². The van der Waals surface area contributed by atoms with Crippen LogP contribution in [0, 0.1) is 22.9 Å². The number of hydrogen-bond donors (Lipinski definition) is 0. The van der Waals surface area contributed by atoms with E-state index in [1.807, 2.05) is 0 Å².